The monoisotopic (exact) mass is 375 g/mol. The molecule has 0 radical (unpaired) electrons. The molecular weight excluding hydrogens is 354 g/mol. The zero-order chi connectivity index (χ0) is 18.1. The molecule has 138 valence electrons. The van der Waals surface area contributed by atoms with Crippen LogP contribution in [-0.4, -0.2) is 54.4 Å². The third-order valence-electron chi connectivity index (χ3n) is 4.67. The van der Waals surface area contributed by atoms with Gasteiger partial charge in [0.15, 0.2) is 11.5 Å². The van der Waals surface area contributed by atoms with Crippen LogP contribution in [0.5, 0.6) is 17.2 Å². The maximum Gasteiger partial charge on any atom is 0.264 e. The van der Waals surface area contributed by atoms with Gasteiger partial charge in [0.2, 0.25) is 5.75 Å². The number of aliphatic hydroxyl groups is 1. The zero-order valence-corrected chi connectivity index (χ0v) is 15.3. The number of aliphatic hydroxyl groups excluding tert-OH is 1. The van der Waals surface area contributed by atoms with Crippen LogP contribution in [0, 0.1) is 6.92 Å². The molecule has 1 aromatic heterocycles. The van der Waals surface area contributed by atoms with E-state index >= 15 is 0 Å². The van der Waals surface area contributed by atoms with Crippen LogP contribution < -0.4 is 14.2 Å². The predicted molar refractivity (Wildman–Crippen MR) is 97.4 cm³/mol. The second-order valence-corrected chi connectivity index (χ2v) is 7.39. The van der Waals surface area contributed by atoms with Crippen molar-refractivity contribution in [3.63, 3.8) is 0 Å². The van der Waals surface area contributed by atoms with Gasteiger partial charge < -0.3 is 24.2 Å². The lowest BCUT2D eigenvalue weighted by molar-refractivity contribution is -0.0213. The maximum atomic E-state index is 12.6. The largest absolute Gasteiger partial charge is 0.486 e. The number of ether oxygens (including phenoxy) is 3. The number of thiophene rings is 1. The number of rotatable bonds is 3. The number of β-amino-alcohol motifs (C(OH)–C–C–N with tert-alkyl or cyclic N) is 1. The van der Waals surface area contributed by atoms with E-state index in [-0.39, 0.29) is 18.6 Å². The molecule has 6 nitrogen and oxygen atoms in total. The number of hydrogen-bond acceptors (Lipinski definition) is 6. The Hall–Kier alpha value is -2.25. The lowest BCUT2D eigenvalue weighted by atomic mass is 10.0. The van der Waals surface area contributed by atoms with Crippen molar-refractivity contribution in [3.05, 3.63) is 40.1 Å². The molecule has 1 amide bonds. The molecule has 2 aliphatic rings. The standard InChI is InChI=1S/C19H21NO5S/c1-12-6-10-26-18(12)19(22)20-7-5-14(13(21)11-20)25-16-4-2-3-15-17(16)24-9-8-23-15/h2-4,6,10,13-14,21H,5,7-9,11H2,1H3/t13-,14-/m1/s1. The van der Waals surface area contributed by atoms with E-state index in [9.17, 15) is 9.90 Å². The fourth-order valence-electron chi connectivity index (χ4n) is 3.27. The fourth-order valence-corrected chi connectivity index (χ4v) is 4.16. The first-order chi connectivity index (χ1) is 12.6. The van der Waals surface area contributed by atoms with E-state index < -0.39 is 6.10 Å². The number of amides is 1. The first-order valence-electron chi connectivity index (χ1n) is 8.70. The normalized spacial score (nSPS) is 22.2. The molecule has 4 rings (SSSR count). The predicted octanol–water partition coefficient (Wildman–Crippen LogP) is 2.48. The summed E-state index contributed by atoms with van der Waals surface area (Å²) in [4.78, 5) is 15.1. The van der Waals surface area contributed by atoms with Crippen molar-refractivity contribution in [3.8, 4) is 17.2 Å². The number of carbonyl (C=O) groups excluding carboxylic acids is 1. The van der Waals surface area contributed by atoms with Crippen molar-refractivity contribution in [1.29, 1.82) is 0 Å². The number of fused-ring (bicyclic) bond motifs is 1. The van der Waals surface area contributed by atoms with Gasteiger partial charge in [0.05, 0.1) is 11.4 Å². The maximum absolute atomic E-state index is 12.6. The van der Waals surface area contributed by atoms with Crippen LogP contribution in [0.4, 0.5) is 0 Å². The van der Waals surface area contributed by atoms with Gasteiger partial charge in [0.1, 0.15) is 25.4 Å². The van der Waals surface area contributed by atoms with Crippen molar-refractivity contribution in [2.24, 2.45) is 0 Å². The molecule has 7 heteroatoms. The van der Waals surface area contributed by atoms with E-state index in [4.69, 9.17) is 14.2 Å². The number of likely N-dealkylation sites (tertiary alicyclic amines) is 1. The van der Waals surface area contributed by atoms with Crippen LogP contribution in [0.15, 0.2) is 29.6 Å². The molecule has 3 heterocycles. The summed E-state index contributed by atoms with van der Waals surface area (Å²) in [5.74, 6) is 1.78. The van der Waals surface area contributed by atoms with Crippen LogP contribution in [-0.2, 0) is 0 Å². The molecular formula is C19H21NO5S. The summed E-state index contributed by atoms with van der Waals surface area (Å²) >= 11 is 1.44. The summed E-state index contributed by atoms with van der Waals surface area (Å²) in [5, 5.41) is 12.4. The Labute approximate surface area is 155 Å². The lowest BCUT2D eigenvalue weighted by Gasteiger charge is -2.36. The summed E-state index contributed by atoms with van der Waals surface area (Å²) in [6, 6.07) is 7.42. The van der Waals surface area contributed by atoms with Gasteiger partial charge in [0.25, 0.3) is 5.91 Å². The molecule has 0 unspecified atom stereocenters. The van der Waals surface area contributed by atoms with Crippen molar-refractivity contribution in [2.75, 3.05) is 26.3 Å². The molecule has 2 atom stereocenters. The molecule has 2 aliphatic heterocycles. The number of carbonyl (C=O) groups is 1. The highest BCUT2D eigenvalue weighted by atomic mass is 32.1. The number of hydrogen-bond donors (Lipinski definition) is 1. The van der Waals surface area contributed by atoms with Crippen LogP contribution in [0.1, 0.15) is 21.7 Å². The van der Waals surface area contributed by atoms with Gasteiger partial charge in [0, 0.05) is 13.0 Å². The highest BCUT2D eigenvalue weighted by Crippen LogP contribution is 2.40. The van der Waals surface area contributed by atoms with Gasteiger partial charge in [-0.05, 0) is 36.1 Å². The minimum atomic E-state index is -0.756. The molecule has 1 fully saturated rings. The fraction of sp³-hybridized carbons (Fsp3) is 0.421. The quantitative estimate of drug-likeness (QED) is 0.893. The van der Waals surface area contributed by atoms with Crippen molar-refractivity contribution in [2.45, 2.75) is 25.6 Å². The average Bonchev–Trinajstić information content (AvgIpc) is 3.09. The third-order valence-corrected chi connectivity index (χ3v) is 5.68. The van der Waals surface area contributed by atoms with E-state index in [1.807, 2.05) is 36.6 Å². The topological polar surface area (TPSA) is 68.2 Å². The van der Waals surface area contributed by atoms with Crippen molar-refractivity contribution in [1.82, 2.24) is 4.90 Å². The van der Waals surface area contributed by atoms with Gasteiger partial charge in [-0.2, -0.15) is 0 Å². The van der Waals surface area contributed by atoms with Crippen LogP contribution in [0.3, 0.4) is 0 Å². The molecule has 0 aliphatic carbocycles. The number of aryl methyl sites for hydroxylation is 1. The molecule has 0 bridgehead atoms. The zero-order valence-electron chi connectivity index (χ0n) is 14.5. The van der Waals surface area contributed by atoms with Gasteiger partial charge in [-0.1, -0.05) is 6.07 Å². The van der Waals surface area contributed by atoms with Crippen LogP contribution in [0.25, 0.3) is 0 Å². The third kappa shape index (κ3) is 3.24. The van der Waals surface area contributed by atoms with E-state index in [2.05, 4.69) is 0 Å². The first kappa shape index (κ1) is 17.2. The molecule has 0 saturated carbocycles. The smallest absolute Gasteiger partial charge is 0.264 e. The molecule has 0 spiro atoms. The van der Waals surface area contributed by atoms with E-state index in [0.717, 1.165) is 10.4 Å². The molecule has 26 heavy (non-hydrogen) atoms. The Morgan fingerprint density at radius 1 is 1.31 bits per heavy atom. The van der Waals surface area contributed by atoms with Crippen molar-refractivity contribution < 1.29 is 24.1 Å². The Morgan fingerprint density at radius 2 is 2.15 bits per heavy atom. The summed E-state index contributed by atoms with van der Waals surface area (Å²) in [6.07, 6.45) is -0.587. The highest BCUT2D eigenvalue weighted by molar-refractivity contribution is 7.12. The van der Waals surface area contributed by atoms with Crippen LogP contribution >= 0.6 is 11.3 Å². The Morgan fingerprint density at radius 3 is 2.92 bits per heavy atom. The average molecular weight is 375 g/mol. The Bertz CT molecular complexity index is 805. The van der Waals surface area contributed by atoms with E-state index in [1.54, 1.807) is 4.90 Å². The Balaban J connectivity index is 1.44. The van der Waals surface area contributed by atoms with E-state index in [0.29, 0.717) is 43.4 Å². The van der Waals surface area contributed by atoms with Gasteiger partial charge in [-0.15, -0.1) is 11.3 Å². The molecule has 1 N–H and O–H groups in total. The molecule has 2 aromatic rings. The molecule has 1 saturated heterocycles. The summed E-state index contributed by atoms with van der Waals surface area (Å²) < 4.78 is 17.2. The second-order valence-electron chi connectivity index (χ2n) is 6.48. The number of piperidine rings is 1. The van der Waals surface area contributed by atoms with Crippen LogP contribution in [0.2, 0.25) is 0 Å². The summed E-state index contributed by atoms with van der Waals surface area (Å²) in [6.45, 7) is 3.72. The first-order valence-corrected chi connectivity index (χ1v) is 9.58. The minimum Gasteiger partial charge on any atom is -0.486 e. The van der Waals surface area contributed by atoms with Gasteiger partial charge in [-0.25, -0.2) is 0 Å². The SMILES string of the molecule is Cc1ccsc1C(=O)N1CC[C@@H](Oc2cccc3c2OCCO3)[C@H](O)C1. The lowest BCUT2D eigenvalue weighted by Crippen LogP contribution is -2.51. The number of nitrogens with zero attached hydrogens (tertiary/aromatic N) is 1. The van der Waals surface area contributed by atoms with E-state index in [1.165, 1.54) is 11.3 Å². The van der Waals surface area contributed by atoms with Gasteiger partial charge in [-0.3, -0.25) is 4.79 Å². The Kier molecular flexibility index (Phi) is 4.74. The summed E-state index contributed by atoms with van der Waals surface area (Å²) in [5.41, 5.74) is 0.973. The van der Waals surface area contributed by atoms with Crippen molar-refractivity contribution >= 4 is 17.2 Å². The summed E-state index contributed by atoms with van der Waals surface area (Å²) in [7, 11) is 0. The van der Waals surface area contributed by atoms with Gasteiger partial charge >= 0.3 is 0 Å². The molecule has 1 aromatic carbocycles. The highest BCUT2D eigenvalue weighted by Gasteiger charge is 2.33. The number of para-hydroxylation sites is 1. The number of benzene rings is 1. The minimum absolute atomic E-state index is 0.0242. The second kappa shape index (κ2) is 7.17.